The summed E-state index contributed by atoms with van der Waals surface area (Å²) in [5, 5.41) is 3.60. The maximum atomic E-state index is 5.66. The molecule has 1 aromatic carbocycles. The summed E-state index contributed by atoms with van der Waals surface area (Å²) in [6.45, 7) is 7.90. The predicted octanol–water partition coefficient (Wildman–Crippen LogP) is 3.75. The summed E-state index contributed by atoms with van der Waals surface area (Å²) in [7, 11) is 0. The standard InChI is InChI=1S/C16H22BrNO2/c1-11(2)16(3-4-16)10-18-9-12-7-13(17)15-14(8-12)19-5-6-20-15/h7-8,11,18H,3-6,9-10H2,1-2H3. The van der Waals surface area contributed by atoms with Crippen molar-refractivity contribution in [3.8, 4) is 11.5 Å². The number of halogens is 1. The summed E-state index contributed by atoms with van der Waals surface area (Å²) in [5.74, 6) is 2.45. The van der Waals surface area contributed by atoms with E-state index in [1.807, 2.05) is 0 Å². The van der Waals surface area contributed by atoms with Gasteiger partial charge in [0.25, 0.3) is 0 Å². The van der Waals surface area contributed by atoms with Crippen LogP contribution in [0.2, 0.25) is 0 Å². The molecule has 1 N–H and O–H groups in total. The molecule has 1 aliphatic carbocycles. The molecule has 3 rings (SSSR count). The van der Waals surface area contributed by atoms with E-state index in [4.69, 9.17) is 9.47 Å². The van der Waals surface area contributed by atoms with Gasteiger partial charge in [-0.25, -0.2) is 0 Å². The van der Waals surface area contributed by atoms with E-state index in [1.165, 1.54) is 18.4 Å². The monoisotopic (exact) mass is 339 g/mol. The van der Waals surface area contributed by atoms with E-state index in [0.717, 1.165) is 35.0 Å². The summed E-state index contributed by atoms with van der Waals surface area (Å²) < 4.78 is 12.3. The Morgan fingerprint density at radius 2 is 2.00 bits per heavy atom. The molecular formula is C16H22BrNO2. The Kier molecular flexibility index (Phi) is 3.95. The molecule has 1 aromatic rings. The van der Waals surface area contributed by atoms with Crippen LogP contribution >= 0.6 is 15.9 Å². The second-order valence-corrected chi connectivity index (χ2v) is 7.08. The van der Waals surface area contributed by atoms with Gasteiger partial charge in [-0.2, -0.15) is 0 Å². The Morgan fingerprint density at radius 1 is 1.25 bits per heavy atom. The minimum Gasteiger partial charge on any atom is -0.486 e. The summed E-state index contributed by atoms with van der Waals surface area (Å²) in [6.07, 6.45) is 2.73. The first-order valence-electron chi connectivity index (χ1n) is 7.39. The molecule has 0 atom stereocenters. The average molecular weight is 340 g/mol. The zero-order valence-electron chi connectivity index (χ0n) is 12.2. The molecule has 0 aromatic heterocycles. The van der Waals surface area contributed by atoms with Crippen molar-refractivity contribution in [1.29, 1.82) is 0 Å². The fourth-order valence-corrected chi connectivity index (χ4v) is 3.44. The minimum atomic E-state index is 0.547. The number of fused-ring (bicyclic) bond motifs is 1. The van der Waals surface area contributed by atoms with E-state index in [9.17, 15) is 0 Å². The van der Waals surface area contributed by atoms with E-state index in [1.54, 1.807) is 0 Å². The van der Waals surface area contributed by atoms with Crippen LogP contribution in [0, 0.1) is 11.3 Å². The lowest BCUT2D eigenvalue weighted by Gasteiger charge is -2.22. The molecule has 1 saturated carbocycles. The second kappa shape index (κ2) is 5.57. The van der Waals surface area contributed by atoms with Crippen LogP contribution in [0.4, 0.5) is 0 Å². The third kappa shape index (κ3) is 2.82. The van der Waals surface area contributed by atoms with Crippen molar-refractivity contribution in [2.75, 3.05) is 19.8 Å². The summed E-state index contributed by atoms with van der Waals surface area (Å²) in [6, 6.07) is 4.21. The smallest absolute Gasteiger partial charge is 0.175 e. The number of rotatable bonds is 5. The van der Waals surface area contributed by atoms with Crippen LogP contribution in [0.5, 0.6) is 11.5 Å². The largest absolute Gasteiger partial charge is 0.486 e. The Labute approximate surface area is 129 Å². The molecule has 0 unspecified atom stereocenters. The van der Waals surface area contributed by atoms with Gasteiger partial charge in [-0.05, 0) is 57.8 Å². The molecule has 110 valence electrons. The van der Waals surface area contributed by atoms with Crippen molar-refractivity contribution in [3.63, 3.8) is 0 Å². The van der Waals surface area contributed by atoms with E-state index in [-0.39, 0.29) is 0 Å². The second-order valence-electron chi connectivity index (χ2n) is 6.22. The van der Waals surface area contributed by atoms with Gasteiger partial charge in [0.2, 0.25) is 0 Å². The Hall–Kier alpha value is -0.740. The third-order valence-corrected chi connectivity index (χ3v) is 5.17. The van der Waals surface area contributed by atoms with E-state index in [2.05, 4.69) is 47.2 Å². The molecule has 0 amide bonds. The van der Waals surface area contributed by atoms with Crippen molar-refractivity contribution >= 4 is 15.9 Å². The van der Waals surface area contributed by atoms with Crippen molar-refractivity contribution < 1.29 is 9.47 Å². The van der Waals surface area contributed by atoms with Gasteiger partial charge >= 0.3 is 0 Å². The first-order valence-corrected chi connectivity index (χ1v) is 8.19. The highest BCUT2D eigenvalue weighted by Gasteiger charge is 2.44. The van der Waals surface area contributed by atoms with Crippen LogP contribution in [0.15, 0.2) is 16.6 Å². The summed E-state index contributed by atoms with van der Waals surface area (Å²) >= 11 is 3.57. The van der Waals surface area contributed by atoms with Gasteiger partial charge in [-0.15, -0.1) is 0 Å². The normalized spacial score (nSPS) is 19.2. The van der Waals surface area contributed by atoms with Crippen LogP contribution in [0.1, 0.15) is 32.3 Å². The van der Waals surface area contributed by atoms with Gasteiger partial charge in [0.05, 0.1) is 4.47 Å². The fraction of sp³-hybridized carbons (Fsp3) is 0.625. The highest BCUT2D eigenvalue weighted by molar-refractivity contribution is 9.10. The predicted molar refractivity (Wildman–Crippen MR) is 83.3 cm³/mol. The lowest BCUT2D eigenvalue weighted by atomic mass is 9.92. The van der Waals surface area contributed by atoms with E-state index >= 15 is 0 Å². The van der Waals surface area contributed by atoms with Gasteiger partial charge in [0.15, 0.2) is 11.5 Å². The molecule has 20 heavy (non-hydrogen) atoms. The number of hydrogen-bond donors (Lipinski definition) is 1. The highest BCUT2D eigenvalue weighted by Crippen LogP contribution is 2.51. The molecule has 1 fully saturated rings. The van der Waals surface area contributed by atoms with E-state index < -0.39 is 0 Å². The highest BCUT2D eigenvalue weighted by atomic mass is 79.9. The van der Waals surface area contributed by atoms with Gasteiger partial charge in [0.1, 0.15) is 13.2 Å². The first-order chi connectivity index (χ1) is 9.61. The Balaban J connectivity index is 1.62. The quantitative estimate of drug-likeness (QED) is 0.886. The zero-order valence-corrected chi connectivity index (χ0v) is 13.8. The number of ether oxygens (including phenoxy) is 2. The van der Waals surface area contributed by atoms with Crippen molar-refractivity contribution in [2.24, 2.45) is 11.3 Å². The number of benzene rings is 1. The van der Waals surface area contributed by atoms with Gasteiger partial charge in [0, 0.05) is 13.1 Å². The van der Waals surface area contributed by atoms with Crippen molar-refractivity contribution in [2.45, 2.75) is 33.2 Å². The molecule has 0 spiro atoms. The first kappa shape index (κ1) is 14.2. The molecular weight excluding hydrogens is 318 g/mol. The topological polar surface area (TPSA) is 30.5 Å². The fourth-order valence-electron chi connectivity index (χ4n) is 2.84. The third-order valence-electron chi connectivity index (χ3n) is 4.58. The molecule has 1 heterocycles. The van der Waals surface area contributed by atoms with Crippen LogP contribution in [0.25, 0.3) is 0 Å². The minimum absolute atomic E-state index is 0.547. The molecule has 0 radical (unpaired) electrons. The van der Waals surface area contributed by atoms with Gasteiger partial charge in [-0.1, -0.05) is 13.8 Å². The van der Waals surface area contributed by atoms with E-state index in [0.29, 0.717) is 18.6 Å². The van der Waals surface area contributed by atoms with Gasteiger partial charge < -0.3 is 14.8 Å². The summed E-state index contributed by atoms with van der Waals surface area (Å²) in [4.78, 5) is 0. The van der Waals surface area contributed by atoms with Crippen molar-refractivity contribution in [3.05, 3.63) is 22.2 Å². The van der Waals surface area contributed by atoms with Crippen LogP contribution < -0.4 is 14.8 Å². The summed E-state index contributed by atoms with van der Waals surface area (Å²) in [5.41, 5.74) is 1.78. The maximum absolute atomic E-state index is 5.66. The van der Waals surface area contributed by atoms with Crippen LogP contribution in [-0.2, 0) is 6.54 Å². The molecule has 2 aliphatic rings. The lowest BCUT2D eigenvalue weighted by Crippen LogP contribution is -2.27. The molecule has 0 saturated heterocycles. The van der Waals surface area contributed by atoms with Crippen molar-refractivity contribution in [1.82, 2.24) is 5.32 Å². The molecule has 0 bridgehead atoms. The number of nitrogens with one attached hydrogen (secondary N) is 1. The molecule has 4 heteroatoms. The molecule has 1 aliphatic heterocycles. The Bertz CT molecular complexity index is 497. The zero-order chi connectivity index (χ0) is 14.2. The lowest BCUT2D eigenvalue weighted by molar-refractivity contribution is 0.170. The van der Waals surface area contributed by atoms with Crippen LogP contribution in [0.3, 0.4) is 0 Å². The number of hydrogen-bond acceptors (Lipinski definition) is 3. The maximum Gasteiger partial charge on any atom is 0.175 e. The SMILES string of the molecule is CC(C)C1(CNCc2cc(Br)c3c(c2)OCCO3)CC1. The Morgan fingerprint density at radius 3 is 2.70 bits per heavy atom. The van der Waals surface area contributed by atoms with Gasteiger partial charge in [-0.3, -0.25) is 0 Å². The average Bonchev–Trinajstić information content (AvgIpc) is 3.20. The van der Waals surface area contributed by atoms with Crippen LogP contribution in [-0.4, -0.2) is 19.8 Å². The molecule has 3 nitrogen and oxygen atoms in total.